The molecule has 0 N–H and O–H groups in total. The second kappa shape index (κ2) is 7.19. The molecule has 6 nitrogen and oxygen atoms in total. The number of amides is 1. The van der Waals surface area contributed by atoms with Gasteiger partial charge in [-0.15, -0.1) is 0 Å². The summed E-state index contributed by atoms with van der Waals surface area (Å²) in [5.41, 5.74) is 0.576. The number of aromatic nitrogens is 1. The molecule has 2 aliphatic rings. The number of halogens is 1. The van der Waals surface area contributed by atoms with Crippen LogP contribution in [0.4, 0.5) is 10.2 Å². The normalized spacial score (nSPS) is 17.0. The van der Waals surface area contributed by atoms with Gasteiger partial charge in [0.05, 0.1) is 0 Å². The van der Waals surface area contributed by atoms with E-state index >= 15 is 0 Å². The van der Waals surface area contributed by atoms with Crippen molar-refractivity contribution in [2.24, 2.45) is 0 Å². The quantitative estimate of drug-likeness (QED) is 0.826. The summed E-state index contributed by atoms with van der Waals surface area (Å²) in [7, 11) is 0. The molecule has 0 saturated carbocycles. The van der Waals surface area contributed by atoms with E-state index in [1.165, 1.54) is 6.07 Å². The number of pyridine rings is 1. The minimum atomic E-state index is -0.334. The average Bonchev–Trinajstić information content (AvgIpc) is 2.93. The second-order valence-corrected chi connectivity index (χ2v) is 6.30. The Hall–Kier alpha value is -2.83. The molecule has 0 unspecified atom stereocenters. The van der Waals surface area contributed by atoms with Crippen molar-refractivity contribution in [2.45, 2.75) is 6.42 Å². The first-order valence-electron chi connectivity index (χ1n) is 8.77. The van der Waals surface area contributed by atoms with Gasteiger partial charge >= 0.3 is 0 Å². The average molecular weight is 357 g/mol. The van der Waals surface area contributed by atoms with Gasteiger partial charge in [-0.2, -0.15) is 0 Å². The van der Waals surface area contributed by atoms with Crippen LogP contribution in [0.15, 0.2) is 36.5 Å². The number of hydrogen-bond donors (Lipinski definition) is 0. The van der Waals surface area contributed by atoms with Gasteiger partial charge in [-0.05, 0) is 36.8 Å². The van der Waals surface area contributed by atoms with Gasteiger partial charge in [0.25, 0.3) is 5.91 Å². The Morgan fingerprint density at radius 1 is 1.04 bits per heavy atom. The molecule has 0 atom stereocenters. The maximum Gasteiger partial charge on any atom is 0.254 e. The number of ether oxygens (including phenoxy) is 2. The third-order valence-electron chi connectivity index (χ3n) is 4.61. The summed E-state index contributed by atoms with van der Waals surface area (Å²) in [5.74, 6) is 1.24. The van der Waals surface area contributed by atoms with E-state index in [0.717, 1.165) is 6.42 Å². The third-order valence-corrected chi connectivity index (χ3v) is 4.61. The molecule has 1 aromatic carbocycles. The Balaban J connectivity index is 1.47. The van der Waals surface area contributed by atoms with Crippen molar-refractivity contribution < 1.29 is 18.7 Å². The Kier molecular flexibility index (Phi) is 4.60. The topological polar surface area (TPSA) is 54.9 Å². The zero-order valence-electron chi connectivity index (χ0n) is 14.4. The van der Waals surface area contributed by atoms with Crippen LogP contribution in [0.3, 0.4) is 0 Å². The summed E-state index contributed by atoms with van der Waals surface area (Å²) in [6, 6.07) is 8.25. The van der Waals surface area contributed by atoms with Crippen LogP contribution in [0.2, 0.25) is 0 Å². The fourth-order valence-electron chi connectivity index (χ4n) is 3.30. The van der Waals surface area contributed by atoms with Gasteiger partial charge in [0.2, 0.25) is 0 Å². The number of hydrogen-bond acceptors (Lipinski definition) is 5. The maximum absolute atomic E-state index is 14.0. The SMILES string of the molecule is O=C(c1ccc2c(c1)OCCO2)N1CCCN(c2ncccc2F)CC1. The number of benzene rings is 1. The predicted molar refractivity (Wildman–Crippen MR) is 94.4 cm³/mol. The molecule has 1 saturated heterocycles. The maximum atomic E-state index is 14.0. The number of nitrogens with zero attached hydrogens (tertiary/aromatic N) is 3. The monoisotopic (exact) mass is 357 g/mol. The van der Waals surface area contributed by atoms with E-state index in [0.29, 0.717) is 62.3 Å². The summed E-state index contributed by atoms with van der Waals surface area (Å²) < 4.78 is 25.0. The molecule has 26 heavy (non-hydrogen) atoms. The smallest absolute Gasteiger partial charge is 0.254 e. The van der Waals surface area contributed by atoms with Crippen LogP contribution in [-0.2, 0) is 0 Å². The Bertz CT molecular complexity index is 814. The van der Waals surface area contributed by atoms with Crippen LogP contribution < -0.4 is 14.4 Å². The third kappa shape index (κ3) is 3.29. The number of carbonyl (C=O) groups is 1. The number of rotatable bonds is 2. The largest absolute Gasteiger partial charge is 0.486 e. The summed E-state index contributed by atoms with van der Waals surface area (Å²) >= 11 is 0. The minimum absolute atomic E-state index is 0.0506. The highest BCUT2D eigenvalue weighted by molar-refractivity contribution is 5.95. The second-order valence-electron chi connectivity index (χ2n) is 6.30. The van der Waals surface area contributed by atoms with Crippen molar-refractivity contribution in [3.05, 3.63) is 47.9 Å². The van der Waals surface area contributed by atoms with Gasteiger partial charge in [-0.3, -0.25) is 4.79 Å². The van der Waals surface area contributed by atoms with Crippen molar-refractivity contribution in [2.75, 3.05) is 44.3 Å². The molecular weight excluding hydrogens is 337 g/mol. The van der Waals surface area contributed by atoms with Crippen LogP contribution in [0.1, 0.15) is 16.8 Å². The van der Waals surface area contributed by atoms with E-state index in [2.05, 4.69) is 4.98 Å². The van der Waals surface area contributed by atoms with Gasteiger partial charge in [-0.25, -0.2) is 9.37 Å². The van der Waals surface area contributed by atoms with Crippen molar-refractivity contribution in [3.63, 3.8) is 0 Å². The van der Waals surface area contributed by atoms with Crippen molar-refractivity contribution in [1.29, 1.82) is 0 Å². The fourth-order valence-corrected chi connectivity index (χ4v) is 3.30. The van der Waals surface area contributed by atoms with Gasteiger partial charge < -0.3 is 19.3 Å². The zero-order valence-corrected chi connectivity index (χ0v) is 14.4. The van der Waals surface area contributed by atoms with Crippen molar-refractivity contribution >= 4 is 11.7 Å². The summed E-state index contributed by atoms with van der Waals surface area (Å²) in [5, 5.41) is 0. The molecule has 1 fully saturated rings. The van der Waals surface area contributed by atoms with Gasteiger partial charge in [0.15, 0.2) is 23.1 Å². The highest BCUT2D eigenvalue weighted by atomic mass is 19.1. The highest BCUT2D eigenvalue weighted by Gasteiger charge is 2.23. The molecule has 4 rings (SSSR count). The summed E-state index contributed by atoms with van der Waals surface area (Å²) in [6.07, 6.45) is 2.34. The highest BCUT2D eigenvalue weighted by Crippen LogP contribution is 2.31. The first-order chi connectivity index (χ1) is 12.7. The van der Waals surface area contributed by atoms with Crippen LogP contribution in [0.5, 0.6) is 11.5 Å². The first kappa shape index (κ1) is 16.6. The summed E-state index contributed by atoms with van der Waals surface area (Å²) in [6.45, 7) is 3.36. The standard InChI is InChI=1S/C19H20FN3O3/c20-15-3-1-6-21-18(15)22-7-2-8-23(10-9-22)19(24)14-4-5-16-17(13-14)26-12-11-25-16/h1,3-6,13H,2,7-12H2. The van der Waals surface area contributed by atoms with Crippen LogP contribution in [-0.4, -0.2) is 55.2 Å². The van der Waals surface area contributed by atoms with E-state index in [9.17, 15) is 9.18 Å². The van der Waals surface area contributed by atoms with E-state index < -0.39 is 0 Å². The Labute approximate surface area is 151 Å². The lowest BCUT2D eigenvalue weighted by Gasteiger charge is -2.24. The van der Waals surface area contributed by atoms with Gasteiger partial charge in [0, 0.05) is 37.9 Å². The lowest BCUT2D eigenvalue weighted by atomic mass is 10.1. The van der Waals surface area contributed by atoms with Crippen molar-refractivity contribution in [3.8, 4) is 11.5 Å². The molecule has 0 aliphatic carbocycles. The fraction of sp³-hybridized carbons (Fsp3) is 0.368. The summed E-state index contributed by atoms with van der Waals surface area (Å²) in [4.78, 5) is 20.7. The Morgan fingerprint density at radius 2 is 1.88 bits per heavy atom. The van der Waals surface area contributed by atoms with Crippen LogP contribution in [0, 0.1) is 5.82 Å². The number of anilines is 1. The lowest BCUT2D eigenvalue weighted by Crippen LogP contribution is -2.35. The molecule has 0 bridgehead atoms. The molecule has 1 amide bonds. The number of fused-ring (bicyclic) bond motifs is 1. The molecule has 2 aromatic rings. The molecule has 7 heteroatoms. The molecule has 1 aromatic heterocycles. The van der Waals surface area contributed by atoms with Gasteiger partial charge in [-0.1, -0.05) is 0 Å². The molecule has 2 aliphatic heterocycles. The van der Waals surface area contributed by atoms with E-state index in [1.807, 2.05) is 4.90 Å². The Morgan fingerprint density at radius 3 is 2.73 bits per heavy atom. The molecule has 3 heterocycles. The number of carbonyl (C=O) groups excluding carboxylic acids is 1. The molecular formula is C19H20FN3O3. The zero-order chi connectivity index (χ0) is 17.9. The van der Waals surface area contributed by atoms with Crippen LogP contribution >= 0.6 is 0 Å². The predicted octanol–water partition coefficient (Wildman–Crippen LogP) is 2.34. The minimum Gasteiger partial charge on any atom is -0.486 e. The first-order valence-corrected chi connectivity index (χ1v) is 8.77. The van der Waals surface area contributed by atoms with E-state index in [1.54, 1.807) is 35.4 Å². The van der Waals surface area contributed by atoms with Crippen molar-refractivity contribution in [1.82, 2.24) is 9.88 Å². The molecule has 0 radical (unpaired) electrons. The van der Waals surface area contributed by atoms with Crippen LogP contribution in [0.25, 0.3) is 0 Å². The molecule has 0 spiro atoms. The van der Waals surface area contributed by atoms with E-state index in [-0.39, 0.29) is 11.7 Å². The van der Waals surface area contributed by atoms with Gasteiger partial charge in [0.1, 0.15) is 13.2 Å². The molecule has 136 valence electrons. The van der Waals surface area contributed by atoms with E-state index in [4.69, 9.17) is 9.47 Å². The lowest BCUT2D eigenvalue weighted by molar-refractivity contribution is 0.0766.